The van der Waals surface area contributed by atoms with Gasteiger partial charge in [0.25, 0.3) is 5.91 Å². The third kappa shape index (κ3) is 4.81. The second kappa shape index (κ2) is 10.2. The van der Waals surface area contributed by atoms with Gasteiger partial charge in [-0.3, -0.25) is 9.78 Å². The molecule has 5 rings (SSSR count). The van der Waals surface area contributed by atoms with E-state index in [0.29, 0.717) is 46.5 Å². The fourth-order valence-electron chi connectivity index (χ4n) is 4.71. The van der Waals surface area contributed by atoms with E-state index in [-0.39, 0.29) is 18.1 Å². The zero-order valence-electron chi connectivity index (χ0n) is 19.8. The van der Waals surface area contributed by atoms with Crippen molar-refractivity contribution in [1.29, 1.82) is 0 Å². The number of ether oxygens (including phenoxy) is 3. The molecule has 1 fully saturated rings. The van der Waals surface area contributed by atoms with E-state index in [1.165, 1.54) is 0 Å². The number of benzene rings is 1. The number of pyridine rings is 1. The first-order valence-electron chi connectivity index (χ1n) is 11.9. The molecular formula is C26H29ClN4O4. The number of hydrogen-bond donors (Lipinski definition) is 3. The minimum atomic E-state index is -0.142. The molecule has 2 atom stereocenters. The van der Waals surface area contributed by atoms with Crippen molar-refractivity contribution < 1.29 is 19.0 Å². The van der Waals surface area contributed by atoms with Gasteiger partial charge in [0.1, 0.15) is 12.4 Å². The maximum Gasteiger partial charge on any atom is 0.255 e. The van der Waals surface area contributed by atoms with Crippen LogP contribution in [0, 0.1) is 0 Å². The highest BCUT2D eigenvalue weighted by Gasteiger charge is 2.31. The molecule has 1 aromatic carbocycles. The minimum absolute atomic E-state index is 0.0201. The van der Waals surface area contributed by atoms with Crippen molar-refractivity contribution in [3.05, 3.63) is 52.9 Å². The number of nitrogens with one attached hydrogen (secondary N) is 3. The van der Waals surface area contributed by atoms with Crippen LogP contribution in [-0.4, -0.2) is 48.3 Å². The number of carbonyl (C=O) groups excluding carboxylic acids is 1. The molecule has 3 N–H and O–H groups in total. The Morgan fingerprint density at radius 3 is 2.97 bits per heavy atom. The number of methoxy groups -OCH3 is 1. The number of aromatic amines is 1. The fourth-order valence-corrected chi connectivity index (χ4v) is 4.96. The molecule has 184 valence electrons. The third-order valence-electron chi connectivity index (χ3n) is 6.38. The molecule has 8 nitrogen and oxygen atoms in total. The molecular weight excluding hydrogens is 468 g/mol. The molecule has 2 aliphatic heterocycles. The normalized spacial score (nSPS) is 19.6. The van der Waals surface area contributed by atoms with E-state index in [2.05, 4.69) is 20.6 Å². The van der Waals surface area contributed by atoms with E-state index in [4.69, 9.17) is 25.8 Å². The van der Waals surface area contributed by atoms with Gasteiger partial charge in [-0.25, -0.2) is 0 Å². The van der Waals surface area contributed by atoms with E-state index >= 15 is 0 Å². The van der Waals surface area contributed by atoms with Crippen molar-refractivity contribution in [1.82, 2.24) is 15.3 Å². The van der Waals surface area contributed by atoms with Crippen molar-refractivity contribution in [3.63, 3.8) is 0 Å². The van der Waals surface area contributed by atoms with E-state index in [1.54, 1.807) is 25.6 Å². The monoisotopic (exact) mass is 496 g/mol. The Hall–Kier alpha value is -3.23. The van der Waals surface area contributed by atoms with Gasteiger partial charge in [-0.05, 0) is 44.4 Å². The van der Waals surface area contributed by atoms with Crippen molar-refractivity contribution in [2.75, 3.05) is 25.6 Å². The zero-order chi connectivity index (χ0) is 24.4. The molecule has 2 aromatic heterocycles. The summed E-state index contributed by atoms with van der Waals surface area (Å²) in [6.45, 7) is 3.20. The van der Waals surface area contributed by atoms with Gasteiger partial charge in [0.2, 0.25) is 0 Å². The molecule has 2 aliphatic rings. The van der Waals surface area contributed by atoms with Gasteiger partial charge < -0.3 is 29.8 Å². The lowest BCUT2D eigenvalue weighted by Crippen LogP contribution is -2.39. The second-order valence-electron chi connectivity index (χ2n) is 8.92. The fraction of sp³-hybridized carbons (Fsp3) is 0.385. The summed E-state index contributed by atoms with van der Waals surface area (Å²) >= 11 is 6.37. The summed E-state index contributed by atoms with van der Waals surface area (Å²) in [7, 11) is 1.57. The number of hydrogen-bond acceptors (Lipinski definition) is 6. The van der Waals surface area contributed by atoms with Crippen LogP contribution in [0.2, 0.25) is 5.02 Å². The van der Waals surface area contributed by atoms with Crippen molar-refractivity contribution >= 4 is 28.9 Å². The Balaban J connectivity index is 1.57. The summed E-state index contributed by atoms with van der Waals surface area (Å²) in [6.07, 6.45) is 7.36. The zero-order valence-corrected chi connectivity index (χ0v) is 20.6. The molecule has 1 amide bonds. The number of para-hydroxylation sites is 1. The molecule has 1 unspecified atom stereocenters. The van der Waals surface area contributed by atoms with Gasteiger partial charge in [-0.2, -0.15) is 0 Å². The topological polar surface area (TPSA) is 97.5 Å². The van der Waals surface area contributed by atoms with Crippen LogP contribution in [0.3, 0.4) is 0 Å². The van der Waals surface area contributed by atoms with Crippen molar-refractivity contribution in [2.24, 2.45) is 0 Å². The summed E-state index contributed by atoms with van der Waals surface area (Å²) in [4.78, 5) is 20.9. The van der Waals surface area contributed by atoms with Crippen LogP contribution < -0.4 is 20.1 Å². The number of rotatable bonds is 7. The number of anilines is 2. The number of aromatic nitrogens is 2. The van der Waals surface area contributed by atoms with E-state index < -0.39 is 0 Å². The van der Waals surface area contributed by atoms with Gasteiger partial charge in [0.15, 0.2) is 5.75 Å². The van der Waals surface area contributed by atoms with Crippen LogP contribution in [0.25, 0.3) is 11.3 Å². The summed E-state index contributed by atoms with van der Waals surface area (Å²) in [5.74, 6) is 0.979. The van der Waals surface area contributed by atoms with Gasteiger partial charge >= 0.3 is 0 Å². The maximum absolute atomic E-state index is 13.1. The molecule has 0 aliphatic carbocycles. The summed E-state index contributed by atoms with van der Waals surface area (Å²) in [5.41, 5.74) is 4.26. The molecule has 0 spiro atoms. The number of H-pyrrole nitrogens is 1. The predicted molar refractivity (Wildman–Crippen MR) is 135 cm³/mol. The SMILES string of the molecule is COc1c(Cl)cccc1Nc1c(-c2ccncc2OCC2CCCCO2)[nH]c2c1C(=O)N[C@H](C)C2. The molecule has 35 heavy (non-hydrogen) atoms. The molecule has 0 radical (unpaired) electrons. The minimum Gasteiger partial charge on any atom is -0.493 e. The Labute approximate surface area is 209 Å². The first-order valence-corrected chi connectivity index (χ1v) is 12.3. The largest absolute Gasteiger partial charge is 0.493 e. The number of carbonyl (C=O) groups is 1. The highest BCUT2D eigenvalue weighted by molar-refractivity contribution is 6.32. The van der Waals surface area contributed by atoms with Crippen LogP contribution in [0.15, 0.2) is 36.7 Å². The predicted octanol–water partition coefficient (Wildman–Crippen LogP) is 5.10. The molecule has 4 heterocycles. The van der Waals surface area contributed by atoms with Crippen LogP contribution in [0.4, 0.5) is 11.4 Å². The standard InChI is InChI=1S/C26H29ClN4O4/c1-15-12-20-22(26(32)29-15)24(30-19-8-5-7-18(27)25(19)33-2)23(31-20)17-9-10-28-13-21(17)35-14-16-6-3-4-11-34-16/h5,7-10,13,15-16,30-31H,3-4,6,11-12,14H2,1-2H3,(H,29,32)/t15-,16?/m1/s1. The van der Waals surface area contributed by atoms with Crippen LogP contribution in [-0.2, 0) is 11.2 Å². The van der Waals surface area contributed by atoms with E-state index in [1.807, 2.05) is 25.1 Å². The lowest BCUT2D eigenvalue weighted by Gasteiger charge is -2.23. The average Bonchev–Trinajstić information content (AvgIpc) is 3.21. The Morgan fingerprint density at radius 2 is 2.17 bits per heavy atom. The smallest absolute Gasteiger partial charge is 0.255 e. The third-order valence-corrected chi connectivity index (χ3v) is 6.67. The maximum atomic E-state index is 13.1. The van der Waals surface area contributed by atoms with Crippen LogP contribution >= 0.6 is 11.6 Å². The summed E-state index contributed by atoms with van der Waals surface area (Å²) < 4.78 is 17.6. The highest BCUT2D eigenvalue weighted by atomic mass is 35.5. The first kappa shape index (κ1) is 23.5. The number of nitrogens with zero attached hydrogens (tertiary/aromatic N) is 1. The van der Waals surface area contributed by atoms with Crippen molar-refractivity contribution in [3.8, 4) is 22.8 Å². The van der Waals surface area contributed by atoms with Crippen molar-refractivity contribution in [2.45, 2.75) is 44.8 Å². The van der Waals surface area contributed by atoms with Crippen LogP contribution in [0.5, 0.6) is 11.5 Å². The molecule has 0 saturated carbocycles. The lowest BCUT2D eigenvalue weighted by molar-refractivity contribution is -0.0110. The summed E-state index contributed by atoms with van der Waals surface area (Å²) in [6, 6.07) is 7.36. The van der Waals surface area contributed by atoms with Gasteiger partial charge in [-0.15, -0.1) is 0 Å². The second-order valence-corrected chi connectivity index (χ2v) is 9.33. The molecule has 0 bridgehead atoms. The molecule has 3 aromatic rings. The number of halogens is 1. The highest BCUT2D eigenvalue weighted by Crippen LogP contribution is 2.43. The number of amides is 1. The van der Waals surface area contributed by atoms with Gasteiger partial charge in [0, 0.05) is 36.5 Å². The first-order chi connectivity index (χ1) is 17.0. The Bertz CT molecular complexity index is 1220. The number of fused-ring (bicyclic) bond motifs is 1. The molecule has 9 heteroatoms. The Kier molecular flexibility index (Phi) is 6.83. The average molecular weight is 497 g/mol. The Morgan fingerprint density at radius 1 is 1.29 bits per heavy atom. The lowest BCUT2D eigenvalue weighted by atomic mass is 10.0. The van der Waals surface area contributed by atoms with Crippen LogP contribution in [0.1, 0.15) is 42.2 Å². The quantitative estimate of drug-likeness (QED) is 0.421. The van der Waals surface area contributed by atoms with Gasteiger partial charge in [-0.1, -0.05) is 17.7 Å². The van der Waals surface area contributed by atoms with E-state index in [0.717, 1.165) is 42.8 Å². The summed E-state index contributed by atoms with van der Waals surface area (Å²) in [5, 5.41) is 6.92. The van der Waals surface area contributed by atoms with E-state index in [9.17, 15) is 4.79 Å². The molecule has 1 saturated heterocycles. The van der Waals surface area contributed by atoms with Gasteiger partial charge in [0.05, 0.1) is 47.1 Å².